The smallest absolute Gasteiger partial charge is 0.291 e. The van der Waals surface area contributed by atoms with Crippen LogP contribution in [0.25, 0.3) is 0 Å². The fraction of sp³-hybridized carbons (Fsp3) is 0.500. The highest BCUT2D eigenvalue weighted by Crippen LogP contribution is 2.07. The molecule has 7 nitrogen and oxygen atoms in total. The Morgan fingerprint density at radius 2 is 2.32 bits per heavy atom. The molecule has 2 aromatic rings. The molecule has 2 N–H and O–H groups in total. The van der Waals surface area contributed by atoms with E-state index in [0.29, 0.717) is 18.9 Å². The zero-order valence-electron chi connectivity index (χ0n) is 11.3. The van der Waals surface area contributed by atoms with E-state index in [1.807, 2.05) is 27.0 Å². The summed E-state index contributed by atoms with van der Waals surface area (Å²) in [6.07, 6.45) is 3.71. The van der Waals surface area contributed by atoms with Crippen LogP contribution >= 0.6 is 0 Å². The van der Waals surface area contributed by atoms with Crippen molar-refractivity contribution >= 4 is 5.91 Å². The Bertz CT molecular complexity index is 556. The SMILES string of the molecule is Cc1cnn(CCNC(=O)c2n[nH]c(C(C)C)n2)c1. The van der Waals surface area contributed by atoms with Gasteiger partial charge in [-0.05, 0) is 12.5 Å². The molecule has 19 heavy (non-hydrogen) atoms. The fourth-order valence-electron chi connectivity index (χ4n) is 1.59. The van der Waals surface area contributed by atoms with E-state index in [1.165, 1.54) is 0 Å². The number of hydrogen-bond acceptors (Lipinski definition) is 4. The molecule has 0 radical (unpaired) electrons. The third-order valence-electron chi connectivity index (χ3n) is 2.64. The number of H-pyrrole nitrogens is 1. The number of amides is 1. The van der Waals surface area contributed by atoms with Gasteiger partial charge in [-0.3, -0.25) is 14.6 Å². The summed E-state index contributed by atoms with van der Waals surface area (Å²) in [5.74, 6) is 0.848. The summed E-state index contributed by atoms with van der Waals surface area (Å²) >= 11 is 0. The Morgan fingerprint density at radius 3 is 2.89 bits per heavy atom. The monoisotopic (exact) mass is 262 g/mol. The number of aromatic amines is 1. The van der Waals surface area contributed by atoms with Crippen LogP contribution in [-0.4, -0.2) is 37.4 Å². The van der Waals surface area contributed by atoms with Crippen LogP contribution in [0, 0.1) is 6.92 Å². The molecular weight excluding hydrogens is 244 g/mol. The lowest BCUT2D eigenvalue weighted by Crippen LogP contribution is -2.28. The first-order chi connectivity index (χ1) is 9.06. The Hall–Kier alpha value is -2.18. The molecule has 0 aromatic carbocycles. The maximum absolute atomic E-state index is 11.8. The van der Waals surface area contributed by atoms with Gasteiger partial charge in [-0.1, -0.05) is 13.8 Å². The van der Waals surface area contributed by atoms with Crippen molar-refractivity contribution in [3.8, 4) is 0 Å². The molecule has 2 heterocycles. The first kappa shape index (κ1) is 13.3. The Morgan fingerprint density at radius 1 is 1.53 bits per heavy atom. The highest BCUT2D eigenvalue weighted by Gasteiger charge is 2.13. The lowest BCUT2D eigenvalue weighted by atomic mass is 10.2. The van der Waals surface area contributed by atoms with Gasteiger partial charge in [0.1, 0.15) is 5.82 Å². The van der Waals surface area contributed by atoms with Gasteiger partial charge in [0.05, 0.1) is 12.7 Å². The largest absolute Gasteiger partial charge is 0.347 e. The lowest BCUT2D eigenvalue weighted by Gasteiger charge is -2.02. The molecule has 0 aliphatic carbocycles. The van der Waals surface area contributed by atoms with Gasteiger partial charge in [0.15, 0.2) is 0 Å². The van der Waals surface area contributed by atoms with Crippen LogP contribution in [0.1, 0.15) is 41.8 Å². The van der Waals surface area contributed by atoms with Crippen molar-refractivity contribution in [3.63, 3.8) is 0 Å². The van der Waals surface area contributed by atoms with E-state index in [0.717, 1.165) is 5.56 Å². The summed E-state index contributed by atoms with van der Waals surface area (Å²) < 4.78 is 1.78. The zero-order chi connectivity index (χ0) is 13.8. The van der Waals surface area contributed by atoms with Crippen molar-refractivity contribution in [1.82, 2.24) is 30.3 Å². The van der Waals surface area contributed by atoms with Gasteiger partial charge in [-0.15, -0.1) is 5.10 Å². The van der Waals surface area contributed by atoms with Crippen molar-refractivity contribution in [1.29, 1.82) is 0 Å². The first-order valence-electron chi connectivity index (χ1n) is 6.26. The van der Waals surface area contributed by atoms with E-state index < -0.39 is 0 Å². The Kier molecular flexibility index (Phi) is 3.94. The van der Waals surface area contributed by atoms with Crippen LogP contribution in [-0.2, 0) is 6.54 Å². The van der Waals surface area contributed by atoms with Crippen LogP contribution in [0.3, 0.4) is 0 Å². The molecule has 0 unspecified atom stereocenters. The molecule has 0 aliphatic heterocycles. The molecule has 1 amide bonds. The second-order valence-electron chi connectivity index (χ2n) is 4.74. The second kappa shape index (κ2) is 5.64. The maximum atomic E-state index is 11.8. The standard InChI is InChI=1S/C12H18N6O/c1-8(2)10-15-11(17-16-10)12(19)13-4-5-18-7-9(3)6-14-18/h6-8H,4-5H2,1-3H3,(H,13,19)(H,15,16,17). The fourth-order valence-corrected chi connectivity index (χ4v) is 1.59. The summed E-state index contributed by atoms with van der Waals surface area (Å²) in [6.45, 7) is 7.07. The summed E-state index contributed by atoms with van der Waals surface area (Å²) in [5.41, 5.74) is 1.10. The number of nitrogens with zero attached hydrogens (tertiary/aromatic N) is 4. The molecule has 0 fully saturated rings. The van der Waals surface area contributed by atoms with Gasteiger partial charge >= 0.3 is 0 Å². The molecule has 0 spiro atoms. The van der Waals surface area contributed by atoms with Crippen molar-refractivity contribution in [2.45, 2.75) is 33.2 Å². The highest BCUT2D eigenvalue weighted by atomic mass is 16.2. The Balaban J connectivity index is 1.83. The van der Waals surface area contributed by atoms with Gasteiger partial charge < -0.3 is 5.32 Å². The maximum Gasteiger partial charge on any atom is 0.291 e. The van der Waals surface area contributed by atoms with Crippen molar-refractivity contribution < 1.29 is 4.79 Å². The van der Waals surface area contributed by atoms with Gasteiger partial charge in [0.2, 0.25) is 5.82 Å². The molecule has 102 valence electrons. The van der Waals surface area contributed by atoms with Crippen molar-refractivity contribution in [3.05, 3.63) is 29.6 Å². The minimum atomic E-state index is -0.271. The summed E-state index contributed by atoms with van der Waals surface area (Å²) in [6, 6.07) is 0. The number of rotatable bonds is 5. The zero-order valence-corrected chi connectivity index (χ0v) is 11.3. The summed E-state index contributed by atoms with van der Waals surface area (Å²) in [4.78, 5) is 15.9. The molecule has 2 aromatic heterocycles. The number of hydrogen-bond donors (Lipinski definition) is 2. The van der Waals surface area contributed by atoms with Crippen LogP contribution in [0.2, 0.25) is 0 Å². The van der Waals surface area contributed by atoms with Crippen molar-refractivity contribution in [2.24, 2.45) is 0 Å². The Labute approximate surface area is 111 Å². The minimum absolute atomic E-state index is 0.181. The van der Waals surface area contributed by atoms with E-state index >= 15 is 0 Å². The molecule has 0 bridgehead atoms. The number of nitrogens with one attached hydrogen (secondary N) is 2. The third kappa shape index (κ3) is 3.40. The number of aromatic nitrogens is 5. The second-order valence-corrected chi connectivity index (χ2v) is 4.74. The molecule has 0 atom stereocenters. The number of aryl methyl sites for hydroxylation is 1. The van der Waals surface area contributed by atoms with Crippen LogP contribution in [0.15, 0.2) is 12.4 Å². The average Bonchev–Trinajstić information content (AvgIpc) is 2.98. The molecule has 2 rings (SSSR count). The normalized spacial score (nSPS) is 10.9. The van der Waals surface area contributed by atoms with E-state index in [-0.39, 0.29) is 17.6 Å². The van der Waals surface area contributed by atoms with Crippen LogP contribution < -0.4 is 5.32 Å². The molecule has 7 heteroatoms. The summed E-state index contributed by atoms with van der Waals surface area (Å²) in [7, 11) is 0. The predicted octanol–water partition coefficient (Wildman–Crippen LogP) is 0.863. The lowest BCUT2D eigenvalue weighted by molar-refractivity contribution is 0.0942. The van der Waals surface area contributed by atoms with Crippen LogP contribution in [0.4, 0.5) is 0 Å². The molecule has 0 aliphatic rings. The van der Waals surface area contributed by atoms with Gasteiger partial charge in [-0.25, -0.2) is 4.98 Å². The van der Waals surface area contributed by atoms with Crippen LogP contribution in [0.5, 0.6) is 0 Å². The molecular formula is C12H18N6O. The molecule has 0 saturated heterocycles. The summed E-state index contributed by atoms with van der Waals surface area (Å²) in [5, 5.41) is 13.6. The van der Waals surface area contributed by atoms with Crippen molar-refractivity contribution in [2.75, 3.05) is 6.54 Å². The third-order valence-corrected chi connectivity index (χ3v) is 2.64. The van der Waals surface area contributed by atoms with Gasteiger partial charge in [0, 0.05) is 18.7 Å². The first-order valence-corrected chi connectivity index (χ1v) is 6.26. The van der Waals surface area contributed by atoms with E-state index in [2.05, 4.69) is 25.6 Å². The van der Waals surface area contributed by atoms with E-state index in [1.54, 1.807) is 10.9 Å². The van der Waals surface area contributed by atoms with Gasteiger partial charge in [-0.2, -0.15) is 5.10 Å². The predicted molar refractivity (Wildman–Crippen MR) is 69.8 cm³/mol. The number of carbonyl (C=O) groups is 1. The topological polar surface area (TPSA) is 88.5 Å². The van der Waals surface area contributed by atoms with Gasteiger partial charge in [0.25, 0.3) is 5.91 Å². The van der Waals surface area contributed by atoms with E-state index in [4.69, 9.17) is 0 Å². The average molecular weight is 262 g/mol. The quantitative estimate of drug-likeness (QED) is 0.836. The highest BCUT2D eigenvalue weighted by molar-refractivity contribution is 5.90. The van der Waals surface area contributed by atoms with E-state index in [9.17, 15) is 4.79 Å². The number of carbonyl (C=O) groups excluding carboxylic acids is 1. The minimum Gasteiger partial charge on any atom is -0.347 e. The molecule has 0 saturated carbocycles.